The number of piperazine rings is 1. The van der Waals surface area contributed by atoms with E-state index in [0.717, 1.165) is 43.9 Å². The summed E-state index contributed by atoms with van der Waals surface area (Å²) in [6.07, 6.45) is 0.713. The molecule has 2 aromatic carbocycles. The lowest BCUT2D eigenvalue weighted by molar-refractivity contribution is 0.0636. The molecule has 6 heteroatoms. The fraction of sp³-hybridized carbons (Fsp3) is 0.375. The lowest BCUT2D eigenvalue weighted by Crippen LogP contribution is -2.49. The summed E-state index contributed by atoms with van der Waals surface area (Å²) in [5, 5.41) is 8.32. The first kappa shape index (κ1) is 20.3. The van der Waals surface area contributed by atoms with Crippen LogP contribution in [0.3, 0.4) is 0 Å². The predicted octanol–water partition coefficient (Wildman–Crippen LogP) is 3.86. The molecule has 0 N–H and O–H groups in total. The van der Waals surface area contributed by atoms with Crippen LogP contribution in [0.25, 0.3) is 11.5 Å². The van der Waals surface area contributed by atoms with Gasteiger partial charge >= 0.3 is 0 Å². The number of hydrogen-bond acceptors (Lipinski definition) is 5. The Balaban J connectivity index is 1.26. The average molecular weight is 405 g/mol. The van der Waals surface area contributed by atoms with E-state index in [9.17, 15) is 4.79 Å². The minimum Gasteiger partial charge on any atom is -0.421 e. The van der Waals surface area contributed by atoms with Crippen molar-refractivity contribution in [3.05, 3.63) is 71.6 Å². The second-order valence-corrected chi connectivity index (χ2v) is 8.03. The largest absolute Gasteiger partial charge is 0.421 e. The molecule has 3 aromatic rings. The van der Waals surface area contributed by atoms with Crippen LogP contribution < -0.4 is 0 Å². The fourth-order valence-corrected chi connectivity index (χ4v) is 3.67. The van der Waals surface area contributed by atoms with E-state index in [1.54, 1.807) is 0 Å². The molecule has 1 amide bonds. The Morgan fingerprint density at radius 3 is 2.33 bits per heavy atom. The highest BCUT2D eigenvalue weighted by Crippen LogP contribution is 2.18. The van der Waals surface area contributed by atoms with Crippen LogP contribution >= 0.6 is 0 Å². The Morgan fingerprint density at radius 1 is 0.967 bits per heavy atom. The Kier molecular flexibility index (Phi) is 6.23. The second-order valence-electron chi connectivity index (χ2n) is 8.03. The number of hydrogen-bond donors (Lipinski definition) is 0. The molecule has 2 heterocycles. The molecule has 1 aliphatic heterocycles. The summed E-state index contributed by atoms with van der Waals surface area (Å²) in [6.45, 7) is 8.36. The lowest BCUT2D eigenvalue weighted by atomic mass is 10.0. The lowest BCUT2D eigenvalue weighted by Gasteiger charge is -2.34. The molecule has 1 aromatic heterocycles. The second kappa shape index (κ2) is 9.22. The fourth-order valence-electron chi connectivity index (χ4n) is 3.67. The highest BCUT2D eigenvalue weighted by Gasteiger charge is 2.22. The van der Waals surface area contributed by atoms with Crippen molar-refractivity contribution in [2.24, 2.45) is 0 Å². The number of carbonyl (C=O) groups excluding carboxylic acids is 1. The summed E-state index contributed by atoms with van der Waals surface area (Å²) in [5.74, 6) is 1.80. The van der Waals surface area contributed by atoms with Crippen molar-refractivity contribution in [2.45, 2.75) is 26.2 Å². The molecule has 0 aliphatic carbocycles. The summed E-state index contributed by atoms with van der Waals surface area (Å²) in [7, 11) is 0. The van der Waals surface area contributed by atoms with Crippen LogP contribution in [-0.2, 0) is 6.42 Å². The van der Waals surface area contributed by atoms with E-state index in [4.69, 9.17) is 4.42 Å². The SMILES string of the molecule is CC(C)c1ccc(C(=O)N2CCN(CCc3nnc(-c4ccccc4)o3)CC2)cc1. The van der Waals surface area contributed by atoms with Gasteiger partial charge in [0.25, 0.3) is 5.91 Å². The van der Waals surface area contributed by atoms with E-state index < -0.39 is 0 Å². The molecule has 1 fully saturated rings. The molecule has 0 atom stereocenters. The molecular weight excluding hydrogens is 376 g/mol. The summed E-state index contributed by atoms with van der Waals surface area (Å²) in [5.41, 5.74) is 2.96. The standard InChI is InChI=1S/C24H28N4O2/c1-18(2)19-8-10-21(11-9-19)24(29)28-16-14-27(15-17-28)13-12-22-25-26-23(30-22)20-6-4-3-5-7-20/h3-11,18H,12-17H2,1-2H3. The average Bonchev–Trinajstić information content (AvgIpc) is 3.27. The molecule has 6 nitrogen and oxygen atoms in total. The maximum atomic E-state index is 12.8. The molecule has 0 saturated carbocycles. The van der Waals surface area contributed by atoms with Gasteiger partial charge in [-0.2, -0.15) is 0 Å². The van der Waals surface area contributed by atoms with Gasteiger partial charge in [0.15, 0.2) is 0 Å². The van der Waals surface area contributed by atoms with E-state index in [1.165, 1.54) is 5.56 Å². The Bertz CT molecular complexity index is 958. The highest BCUT2D eigenvalue weighted by molar-refractivity contribution is 5.94. The predicted molar refractivity (Wildman–Crippen MR) is 116 cm³/mol. The molecule has 1 aliphatic rings. The van der Waals surface area contributed by atoms with Gasteiger partial charge in [0.1, 0.15) is 0 Å². The van der Waals surface area contributed by atoms with Crippen molar-refractivity contribution in [1.82, 2.24) is 20.0 Å². The summed E-state index contributed by atoms with van der Waals surface area (Å²) in [6, 6.07) is 17.8. The van der Waals surface area contributed by atoms with E-state index in [-0.39, 0.29) is 5.91 Å². The third-order valence-corrected chi connectivity index (χ3v) is 5.61. The maximum absolute atomic E-state index is 12.8. The molecule has 30 heavy (non-hydrogen) atoms. The first-order valence-electron chi connectivity index (χ1n) is 10.6. The summed E-state index contributed by atoms with van der Waals surface area (Å²) >= 11 is 0. The van der Waals surface area contributed by atoms with E-state index in [1.807, 2.05) is 47.4 Å². The Morgan fingerprint density at radius 2 is 1.67 bits per heavy atom. The van der Waals surface area contributed by atoms with E-state index >= 15 is 0 Å². The maximum Gasteiger partial charge on any atom is 0.253 e. The number of rotatable bonds is 6. The van der Waals surface area contributed by atoms with Gasteiger partial charge in [0.05, 0.1) is 0 Å². The minimum atomic E-state index is 0.120. The number of benzene rings is 2. The van der Waals surface area contributed by atoms with Crippen molar-refractivity contribution < 1.29 is 9.21 Å². The van der Waals surface area contributed by atoms with E-state index in [0.29, 0.717) is 24.1 Å². The Hall–Kier alpha value is -2.99. The van der Waals surface area contributed by atoms with Gasteiger partial charge in [-0.25, -0.2) is 0 Å². The zero-order valence-electron chi connectivity index (χ0n) is 17.6. The Labute approximate surface area is 177 Å². The third-order valence-electron chi connectivity index (χ3n) is 5.61. The monoisotopic (exact) mass is 404 g/mol. The van der Waals surface area contributed by atoms with Crippen molar-refractivity contribution in [3.63, 3.8) is 0 Å². The van der Waals surface area contributed by atoms with Gasteiger partial charge in [0.2, 0.25) is 11.8 Å². The molecule has 0 radical (unpaired) electrons. The quantitative estimate of drug-likeness (QED) is 0.624. The van der Waals surface area contributed by atoms with Gasteiger partial charge < -0.3 is 9.32 Å². The summed E-state index contributed by atoms with van der Waals surface area (Å²) < 4.78 is 5.79. The van der Waals surface area contributed by atoms with Crippen LogP contribution in [0.1, 0.15) is 41.6 Å². The van der Waals surface area contributed by atoms with Crippen molar-refractivity contribution in [1.29, 1.82) is 0 Å². The van der Waals surface area contributed by atoms with Crippen molar-refractivity contribution in [2.75, 3.05) is 32.7 Å². The van der Waals surface area contributed by atoms with Gasteiger partial charge in [0, 0.05) is 50.3 Å². The number of carbonyl (C=O) groups is 1. The number of nitrogens with zero attached hydrogens (tertiary/aromatic N) is 4. The minimum absolute atomic E-state index is 0.120. The van der Waals surface area contributed by atoms with Crippen LogP contribution in [-0.4, -0.2) is 58.6 Å². The molecule has 1 saturated heterocycles. The van der Waals surface area contributed by atoms with E-state index in [2.05, 4.69) is 41.1 Å². The van der Waals surface area contributed by atoms with Gasteiger partial charge in [-0.05, 0) is 35.7 Å². The van der Waals surface area contributed by atoms with Crippen LogP contribution in [0.4, 0.5) is 0 Å². The topological polar surface area (TPSA) is 62.5 Å². The zero-order valence-corrected chi connectivity index (χ0v) is 17.6. The van der Waals surface area contributed by atoms with Gasteiger partial charge in [-0.15, -0.1) is 10.2 Å². The van der Waals surface area contributed by atoms with Crippen molar-refractivity contribution >= 4 is 5.91 Å². The molecule has 0 spiro atoms. The first-order valence-corrected chi connectivity index (χ1v) is 10.6. The summed E-state index contributed by atoms with van der Waals surface area (Å²) in [4.78, 5) is 17.1. The normalized spacial score (nSPS) is 15.0. The first-order chi connectivity index (χ1) is 14.6. The van der Waals surface area contributed by atoms with Crippen LogP contribution in [0.2, 0.25) is 0 Å². The molecule has 156 valence electrons. The molecule has 0 unspecified atom stereocenters. The molecular formula is C24H28N4O2. The molecule has 4 rings (SSSR count). The third kappa shape index (κ3) is 4.76. The zero-order chi connectivity index (χ0) is 20.9. The smallest absolute Gasteiger partial charge is 0.253 e. The van der Waals surface area contributed by atoms with Crippen LogP contribution in [0.15, 0.2) is 59.0 Å². The number of aromatic nitrogens is 2. The highest BCUT2D eigenvalue weighted by atomic mass is 16.4. The van der Waals surface area contributed by atoms with Gasteiger partial charge in [-0.3, -0.25) is 9.69 Å². The van der Waals surface area contributed by atoms with Gasteiger partial charge in [-0.1, -0.05) is 44.2 Å². The number of amides is 1. The van der Waals surface area contributed by atoms with Crippen LogP contribution in [0, 0.1) is 0 Å². The molecule has 0 bridgehead atoms. The van der Waals surface area contributed by atoms with Crippen molar-refractivity contribution in [3.8, 4) is 11.5 Å². The van der Waals surface area contributed by atoms with Crippen LogP contribution in [0.5, 0.6) is 0 Å².